The van der Waals surface area contributed by atoms with E-state index in [1.54, 1.807) is 13.0 Å². The Morgan fingerprint density at radius 1 is 1.24 bits per heavy atom. The van der Waals surface area contributed by atoms with Crippen LogP contribution in [0.5, 0.6) is 0 Å². The maximum atomic E-state index is 13.4. The molecule has 2 aromatic rings. The number of hydrogen-bond acceptors (Lipinski definition) is 4. The third-order valence-electron chi connectivity index (χ3n) is 6.20. The summed E-state index contributed by atoms with van der Waals surface area (Å²) in [6, 6.07) is 5.18. The molecule has 0 aliphatic carbocycles. The van der Waals surface area contributed by atoms with Crippen LogP contribution in [0.2, 0.25) is 0 Å². The number of rotatable bonds is 5. The number of likely N-dealkylation sites (N-methyl/N-ethyl adjacent to an activating group) is 1. The first-order valence-electron chi connectivity index (χ1n) is 10.6. The Kier molecular flexibility index (Phi) is 5.94. The van der Waals surface area contributed by atoms with Gasteiger partial charge in [-0.05, 0) is 63.4 Å². The van der Waals surface area contributed by atoms with E-state index in [0.29, 0.717) is 24.4 Å². The Morgan fingerprint density at radius 3 is 2.90 bits per heavy atom. The first-order chi connectivity index (χ1) is 14.0. The number of aromatic nitrogens is 3. The van der Waals surface area contributed by atoms with Crippen molar-refractivity contribution in [1.29, 1.82) is 0 Å². The summed E-state index contributed by atoms with van der Waals surface area (Å²) in [7, 11) is 2.16. The predicted octanol–water partition coefficient (Wildman–Crippen LogP) is 2.90. The Labute approximate surface area is 171 Å². The first-order valence-corrected chi connectivity index (χ1v) is 10.6. The smallest absolute Gasteiger partial charge is 0.223 e. The minimum Gasteiger partial charge on any atom is -0.333 e. The third kappa shape index (κ3) is 4.50. The van der Waals surface area contributed by atoms with E-state index in [4.69, 9.17) is 0 Å². The molecule has 1 fully saturated rings. The Balaban J connectivity index is 1.31. The van der Waals surface area contributed by atoms with Crippen LogP contribution >= 0.6 is 0 Å². The quantitative estimate of drug-likeness (QED) is 0.776. The number of benzene rings is 1. The van der Waals surface area contributed by atoms with Crippen LogP contribution in [0.4, 0.5) is 4.39 Å². The molecule has 3 heterocycles. The third-order valence-corrected chi connectivity index (χ3v) is 6.20. The summed E-state index contributed by atoms with van der Waals surface area (Å²) in [5, 5.41) is 8.88. The highest BCUT2D eigenvalue weighted by Gasteiger charge is 2.29. The molecular weight excluding hydrogens is 369 g/mol. The monoisotopic (exact) mass is 399 g/mol. The molecule has 7 heteroatoms. The fraction of sp³-hybridized carbons (Fsp3) is 0.591. The zero-order valence-electron chi connectivity index (χ0n) is 17.4. The molecule has 1 atom stereocenters. The topological polar surface area (TPSA) is 54.3 Å². The average Bonchev–Trinajstić information content (AvgIpc) is 3.14. The lowest BCUT2D eigenvalue weighted by molar-refractivity contribution is -0.132. The highest BCUT2D eigenvalue weighted by atomic mass is 19.1. The molecule has 0 spiro atoms. The summed E-state index contributed by atoms with van der Waals surface area (Å²) in [6.45, 7) is 5.99. The van der Waals surface area contributed by atoms with Crippen molar-refractivity contribution in [3.8, 4) is 0 Å². The van der Waals surface area contributed by atoms with Gasteiger partial charge in [0, 0.05) is 32.0 Å². The van der Waals surface area contributed by atoms with Crippen LogP contribution in [0.25, 0.3) is 0 Å². The van der Waals surface area contributed by atoms with Crippen LogP contribution in [0.3, 0.4) is 0 Å². The Bertz CT molecular complexity index is 880. The number of nitrogens with zero attached hydrogens (tertiary/aromatic N) is 5. The van der Waals surface area contributed by atoms with Crippen molar-refractivity contribution < 1.29 is 9.18 Å². The van der Waals surface area contributed by atoms with Crippen LogP contribution in [0.1, 0.15) is 54.4 Å². The lowest BCUT2D eigenvalue weighted by Gasteiger charge is -2.32. The van der Waals surface area contributed by atoms with Gasteiger partial charge in [-0.15, -0.1) is 10.2 Å². The molecule has 0 radical (unpaired) electrons. The second kappa shape index (κ2) is 8.61. The minimum atomic E-state index is -0.179. The van der Waals surface area contributed by atoms with E-state index in [1.165, 1.54) is 12.5 Å². The van der Waals surface area contributed by atoms with E-state index in [1.807, 2.05) is 11.0 Å². The molecule has 2 aliphatic heterocycles. The highest BCUT2D eigenvalue weighted by Crippen LogP contribution is 2.27. The van der Waals surface area contributed by atoms with E-state index in [9.17, 15) is 9.18 Å². The van der Waals surface area contributed by atoms with Crippen molar-refractivity contribution in [1.82, 2.24) is 24.6 Å². The van der Waals surface area contributed by atoms with Crippen molar-refractivity contribution in [3.05, 3.63) is 46.8 Å². The summed E-state index contributed by atoms with van der Waals surface area (Å²) < 4.78 is 15.6. The number of likely N-dealkylation sites (tertiary alicyclic amines) is 1. The van der Waals surface area contributed by atoms with Crippen LogP contribution in [0, 0.1) is 12.7 Å². The van der Waals surface area contributed by atoms with Gasteiger partial charge in [0.1, 0.15) is 11.6 Å². The van der Waals surface area contributed by atoms with Gasteiger partial charge in [0.25, 0.3) is 0 Å². The van der Waals surface area contributed by atoms with E-state index in [2.05, 4.69) is 26.7 Å². The fourth-order valence-electron chi connectivity index (χ4n) is 4.54. The standard InChI is InChI=1S/C22H30FN5O/c1-16-13-17(8-9-19(16)23)5-3-7-21(29)27-11-12-28-20(15-27)24-25-22(28)18-6-4-10-26(2)14-18/h8-9,13,18H,3-7,10-12,14-15H2,1-2H3. The van der Waals surface area contributed by atoms with Crippen LogP contribution in [-0.2, 0) is 24.3 Å². The SMILES string of the molecule is Cc1cc(CCCC(=O)N2CCn3c(nnc3C3CCCN(C)C3)C2)ccc1F. The molecule has 1 aromatic carbocycles. The van der Waals surface area contributed by atoms with Gasteiger partial charge in [-0.2, -0.15) is 0 Å². The summed E-state index contributed by atoms with van der Waals surface area (Å²) >= 11 is 0. The molecule has 1 unspecified atom stereocenters. The summed E-state index contributed by atoms with van der Waals surface area (Å²) in [4.78, 5) is 16.9. The summed E-state index contributed by atoms with van der Waals surface area (Å²) in [6.07, 6.45) is 4.42. The molecular formula is C22H30FN5O. The Hall–Kier alpha value is -2.28. The Morgan fingerprint density at radius 2 is 2.10 bits per heavy atom. The van der Waals surface area contributed by atoms with E-state index < -0.39 is 0 Å². The highest BCUT2D eigenvalue weighted by molar-refractivity contribution is 5.76. The van der Waals surface area contributed by atoms with Crippen molar-refractivity contribution in [2.24, 2.45) is 0 Å². The zero-order valence-corrected chi connectivity index (χ0v) is 17.4. The van der Waals surface area contributed by atoms with Crippen molar-refractivity contribution in [3.63, 3.8) is 0 Å². The number of halogens is 1. The average molecular weight is 400 g/mol. The van der Waals surface area contributed by atoms with Gasteiger partial charge in [-0.1, -0.05) is 12.1 Å². The zero-order chi connectivity index (χ0) is 20.4. The van der Waals surface area contributed by atoms with Gasteiger partial charge in [0.05, 0.1) is 6.54 Å². The number of carbonyl (C=O) groups is 1. The maximum Gasteiger partial charge on any atom is 0.223 e. The lowest BCUT2D eigenvalue weighted by Crippen LogP contribution is -2.39. The summed E-state index contributed by atoms with van der Waals surface area (Å²) in [5.41, 5.74) is 1.74. The van der Waals surface area contributed by atoms with Gasteiger partial charge >= 0.3 is 0 Å². The van der Waals surface area contributed by atoms with Crippen molar-refractivity contribution >= 4 is 5.91 Å². The number of fused-ring (bicyclic) bond motifs is 1. The number of piperidine rings is 1. The van der Waals surface area contributed by atoms with Crippen LogP contribution < -0.4 is 0 Å². The summed E-state index contributed by atoms with van der Waals surface area (Å²) in [5.74, 6) is 2.42. The van der Waals surface area contributed by atoms with Gasteiger partial charge in [-0.25, -0.2) is 4.39 Å². The minimum absolute atomic E-state index is 0.164. The molecule has 29 heavy (non-hydrogen) atoms. The molecule has 1 aromatic heterocycles. The van der Waals surface area contributed by atoms with Crippen molar-refractivity contribution in [2.75, 3.05) is 26.7 Å². The van der Waals surface area contributed by atoms with E-state index in [-0.39, 0.29) is 11.7 Å². The predicted molar refractivity (Wildman–Crippen MR) is 109 cm³/mol. The van der Waals surface area contributed by atoms with E-state index >= 15 is 0 Å². The normalized spacial score (nSPS) is 20.0. The molecule has 1 saturated heterocycles. The second-order valence-corrected chi connectivity index (χ2v) is 8.48. The molecule has 1 amide bonds. The molecule has 156 valence electrons. The fourth-order valence-corrected chi connectivity index (χ4v) is 4.54. The van der Waals surface area contributed by atoms with Crippen molar-refractivity contribution in [2.45, 2.75) is 58.0 Å². The van der Waals surface area contributed by atoms with Gasteiger partial charge in [0.2, 0.25) is 5.91 Å². The first kappa shape index (κ1) is 20.0. The number of aryl methyl sites for hydroxylation is 2. The number of hydrogen-bond donors (Lipinski definition) is 0. The van der Waals surface area contributed by atoms with Gasteiger partial charge in [0.15, 0.2) is 5.82 Å². The maximum absolute atomic E-state index is 13.4. The molecule has 6 nitrogen and oxygen atoms in total. The van der Waals surface area contributed by atoms with Crippen LogP contribution in [-0.4, -0.2) is 57.2 Å². The molecule has 0 N–H and O–H groups in total. The van der Waals surface area contributed by atoms with Gasteiger partial charge in [-0.3, -0.25) is 4.79 Å². The van der Waals surface area contributed by atoms with E-state index in [0.717, 1.165) is 62.7 Å². The number of amides is 1. The molecule has 4 rings (SSSR count). The van der Waals surface area contributed by atoms with Crippen LogP contribution in [0.15, 0.2) is 18.2 Å². The molecule has 0 saturated carbocycles. The lowest BCUT2D eigenvalue weighted by atomic mass is 9.97. The van der Waals surface area contributed by atoms with Gasteiger partial charge < -0.3 is 14.4 Å². The second-order valence-electron chi connectivity index (χ2n) is 8.48. The molecule has 0 bridgehead atoms. The molecule has 2 aliphatic rings. The largest absolute Gasteiger partial charge is 0.333 e. The number of carbonyl (C=O) groups excluding carboxylic acids is 1.